The summed E-state index contributed by atoms with van der Waals surface area (Å²) in [6, 6.07) is 5.79. The molecule has 2 rings (SSSR count). The van der Waals surface area contributed by atoms with Crippen molar-refractivity contribution in [2.45, 2.75) is 12.6 Å². The number of hydrogen-bond donors (Lipinski definition) is 2. The number of carbonyl (C=O) groups excluding carboxylic acids is 1. The molecule has 0 saturated carbocycles. The van der Waals surface area contributed by atoms with E-state index in [-0.39, 0.29) is 12.2 Å². The van der Waals surface area contributed by atoms with Crippen LogP contribution in [0.15, 0.2) is 22.7 Å². The van der Waals surface area contributed by atoms with E-state index in [1.54, 1.807) is 0 Å². The minimum atomic E-state index is -0.379. The molecule has 0 radical (unpaired) electrons. The van der Waals surface area contributed by atoms with Crippen LogP contribution in [-0.4, -0.2) is 32.4 Å². The fourth-order valence-corrected chi connectivity index (χ4v) is 2.07. The molecule has 6 heteroatoms. The lowest BCUT2D eigenvalue weighted by Crippen LogP contribution is -2.22. The van der Waals surface area contributed by atoms with Gasteiger partial charge >= 0.3 is 6.09 Å². The Morgan fingerprint density at radius 1 is 1.61 bits per heavy atom. The number of alkyl carbamates (subject to hydrolysis) is 1. The molecule has 1 saturated heterocycles. The number of rotatable bonds is 5. The lowest BCUT2D eigenvalue weighted by molar-refractivity contribution is 0.105. The first-order valence-corrected chi connectivity index (χ1v) is 6.48. The second-order valence-corrected chi connectivity index (χ2v) is 4.86. The van der Waals surface area contributed by atoms with Crippen molar-refractivity contribution in [1.82, 2.24) is 10.6 Å². The summed E-state index contributed by atoms with van der Waals surface area (Å²) in [5.74, 6) is 0.770. The third-order valence-corrected chi connectivity index (χ3v) is 3.34. The summed E-state index contributed by atoms with van der Waals surface area (Å²) in [6.07, 6.45) is -0.593. The van der Waals surface area contributed by atoms with E-state index in [0.717, 1.165) is 22.3 Å². The summed E-state index contributed by atoms with van der Waals surface area (Å²) in [7, 11) is 1.89. The molecule has 1 aromatic carbocycles. The SMILES string of the molecule is CNCc1cc(OCC2CNC(=O)O2)ccc1Br. The molecule has 1 aromatic rings. The molecule has 1 unspecified atom stereocenters. The lowest BCUT2D eigenvalue weighted by Gasteiger charge is -2.12. The van der Waals surface area contributed by atoms with Crippen LogP contribution in [0.2, 0.25) is 0 Å². The van der Waals surface area contributed by atoms with Gasteiger partial charge in [0.2, 0.25) is 0 Å². The molecular weight excluding hydrogens is 300 g/mol. The minimum Gasteiger partial charge on any atom is -0.490 e. The van der Waals surface area contributed by atoms with Gasteiger partial charge in [-0.3, -0.25) is 0 Å². The van der Waals surface area contributed by atoms with Crippen molar-refractivity contribution in [1.29, 1.82) is 0 Å². The normalized spacial score (nSPS) is 18.3. The van der Waals surface area contributed by atoms with Crippen molar-refractivity contribution >= 4 is 22.0 Å². The molecule has 1 amide bonds. The molecule has 0 spiro atoms. The third kappa shape index (κ3) is 3.36. The summed E-state index contributed by atoms with van der Waals surface area (Å²) >= 11 is 3.48. The van der Waals surface area contributed by atoms with Gasteiger partial charge in [0.05, 0.1) is 6.54 Å². The number of hydrogen-bond acceptors (Lipinski definition) is 4. The summed E-state index contributed by atoms with van der Waals surface area (Å²) in [4.78, 5) is 10.8. The maximum absolute atomic E-state index is 10.8. The van der Waals surface area contributed by atoms with E-state index < -0.39 is 0 Å². The van der Waals surface area contributed by atoms with E-state index in [4.69, 9.17) is 9.47 Å². The Morgan fingerprint density at radius 3 is 3.11 bits per heavy atom. The van der Waals surface area contributed by atoms with Gasteiger partial charge in [-0.2, -0.15) is 0 Å². The van der Waals surface area contributed by atoms with Gasteiger partial charge in [-0.05, 0) is 30.8 Å². The molecule has 5 nitrogen and oxygen atoms in total. The molecule has 0 bridgehead atoms. The fourth-order valence-electron chi connectivity index (χ4n) is 1.68. The van der Waals surface area contributed by atoms with Crippen LogP contribution in [0.1, 0.15) is 5.56 Å². The quantitative estimate of drug-likeness (QED) is 0.867. The molecule has 0 aliphatic carbocycles. The summed E-state index contributed by atoms with van der Waals surface area (Å²) in [6.45, 7) is 1.62. The van der Waals surface area contributed by atoms with Gasteiger partial charge < -0.3 is 20.1 Å². The highest BCUT2D eigenvalue weighted by molar-refractivity contribution is 9.10. The first-order chi connectivity index (χ1) is 8.69. The van der Waals surface area contributed by atoms with E-state index in [1.165, 1.54) is 0 Å². The zero-order valence-corrected chi connectivity index (χ0v) is 11.6. The topological polar surface area (TPSA) is 59.6 Å². The van der Waals surface area contributed by atoms with Crippen molar-refractivity contribution in [3.63, 3.8) is 0 Å². The van der Waals surface area contributed by atoms with E-state index in [2.05, 4.69) is 26.6 Å². The van der Waals surface area contributed by atoms with E-state index in [0.29, 0.717) is 13.2 Å². The van der Waals surface area contributed by atoms with Crippen LogP contribution in [0, 0.1) is 0 Å². The van der Waals surface area contributed by atoms with Crippen molar-refractivity contribution in [3.8, 4) is 5.75 Å². The van der Waals surface area contributed by atoms with Crippen LogP contribution in [0.4, 0.5) is 4.79 Å². The van der Waals surface area contributed by atoms with Crippen LogP contribution in [-0.2, 0) is 11.3 Å². The highest BCUT2D eigenvalue weighted by atomic mass is 79.9. The maximum atomic E-state index is 10.8. The molecule has 1 atom stereocenters. The average Bonchev–Trinajstić information content (AvgIpc) is 2.76. The lowest BCUT2D eigenvalue weighted by atomic mass is 10.2. The van der Waals surface area contributed by atoms with E-state index in [9.17, 15) is 4.79 Å². The zero-order valence-electron chi connectivity index (χ0n) is 10.0. The number of halogens is 1. The average molecular weight is 315 g/mol. The predicted octanol–water partition coefficient (Wildman–Crippen LogP) is 1.66. The Bertz CT molecular complexity index is 439. The zero-order chi connectivity index (χ0) is 13.0. The van der Waals surface area contributed by atoms with Crippen LogP contribution < -0.4 is 15.4 Å². The Morgan fingerprint density at radius 2 is 2.44 bits per heavy atom. The molecule has 0 aromatic heterocycles. The Hall–Kier alpha value is -1.27. The number of carbonyl (C=O) groups is 1. The predicted molar refractivity (Wildman–Crippen MR) is 70.7 cm³/mol. The van der Waals surface area contributed by atoms with Crippen LogP contribution in [0.3, 0.4) is 0 Å². The Labute approximate surface area is 114 Å². The monoisotopic (exact) mass is 314 g/mol. The third-order valence-electron chi connectivity index (χ3n) is 2.57. The van der Waals surface area contributed by atoms with Crippen LogP contribution in [0.5, 0.6) is 5.75 Å². The Balaban J connectivity index is 1.92. The molecule has 1 fully saturated rings. The first kappa shape index (κ1) is 13.2. The minimum absolute atomic E-state index is 0.214. The summed E-state index contributed by atoms with van der Waals surface area (Å²) in [5.41, 5.74) is 1.12. The molecule has 98 valence electrons. The number of nitrogens with one attached hydrogen (secondary N) is 2. The molecule has 1 aliphatic heterocycles. The number of cyclic esters (lactones) is 1. The molecule has 1 heterocycles. The van der Waals surface area contributed by atoms with Crippen molar-refractivity contribution in [2.24, 2.45) is 0 Å². The standard InChI is InChI=1S/C12H15BrN2O3/c1-14-5-8-4-9(2-3-11(8)13)17-7-10-6-15-12(16)18-10/h2-4,10,14H,5-7H2,1H3,(H,15,16). The molecular formula is C12H15BrN2O3. The molecule has 1 aliphatic rings. The molecule has 2 N–H and O–H groups in total. The van der Waals surface area contributed by atoms with Gasteiger partial charge in [0, 0.05) is 11.0 Å². The van der Waals surface area contributed by atoms with Gasteiger partial charge in [-0.15, -0.1) is 0 Å². The fraction of sp³-hybridized carbons (Fsp3) is 0.417. The van der Waals surface area contributed by atoms with Gasteiger partial charge in [0.1, 0.15) is 12.4 Å². The van der Waals surface area contributed by atoms with Crippen LogP contribution in [0.25, 0.3) is 0 Å². The second kappa shape index (κ2) is 6.06. The number of benzene rings is 1. The van der Waals surface area contributed by atoms with E-state index >= 15 is 0 Å². The maximum Gasteiger partial charge on any atom is 0.407 e. The first-order valence-electron chi connectivity index (χ1n) is 5.69. The van der Waals surface area contributed by atoms with Gasteiger partial charge in [-0.25, -0.2) is 4.79 Å². The molecule has 18 heavy (non-hydrogen) atoms. The smallest absolute Gasteiger partial charge is 0.407 e. The van der Waals surface area contributed by atoms with Crippen LogP contribution >= 0.6 is 15.9 Å². The highest BCUT2D eigenvalue weighted by Crippen LogP contribution is 2.22. The largest absolute Gasteiger partial charge is 0.490 e. The Kier molecular flexibility index (Phi) is 4.43. The van der Waals surface area contributed by atoms with Crippen molar-refractivity contribution in [2.75, 3.05) is 20.2 Å². The van der Waals surface area contributed by atoms with Gasteiger partial charge in [0.15, 0.2) is 6.10 Å². The van der Waals surface area contributed by atoms with Gasteiger partial charge in [-0.1, -0.05) is 15.9 Å². The second-order valence-electron chi connectivity index (χ2n) is 4.00. The van der Waals surface area contributed by atoms with E-state index in [1.807, 2.05) is 25.2 Å². The highest BCUT2D eigenvalue weighted by Gasteiger charge is 2.22. The number of ether oxygens (including phenoxy) is 2. The summed E-state index contributed by atoms with van der Waals surface area (Å²) < 4.78 is 11.6. The van der Waals surface area contributed by atoms with Crippen molar-refractivity contribution in [3.05, 3.63) is 28.2 Å². The summed E-state index contributed by atoms with van der Waals surface area (Å²) in [5, 5.41) is 5.68. The van der Waals surface area contributed by atoms with Crippen molar-refractivity contribution < 1.29 is 14.3 Å². The van der Waals surface area contributed by atoms with Gasteiger partial charge in [0.25, 0.3) is 0 Å². The number of amides is 1.